The summed E-state index contributed by atoms with van der Waals surface area (Å²) in [5, 5.41) is 6.82. The largest absolute Gasteiger partial charge is 0.497 e. The molecular weight excluding hydrogens is 434 g/mol. The zero-order valence-corrected chi connectivity index (χ0v) is 19.4. The molecular formula is C25H27N5O4. The van der Waals surface area contributed by atoms with Gasteiger partial charge in [0.25, 0.3) is 11.8 Å². The van der Waals surface area contributed by atoms with E-state index in [0.29, 0.717) is 36.4 Å². The topological polar surface area (TPSA) is 96.8 Å². The van der Waals surface area contributed by atoms with E-state index in [-0.39, 0.29) is 23.8 Å². The minimum Gasteiger partial charge on any atom is -0.497 e. The number of rotatable bonds is 5. The Kier molecular flexibility index (Phi) is 6.62. The number of benzene rings is 2. The van der Waals surface area contributed by atoms with Crippen molar-refractivity contribution in [2.24, 2.45) is 7.05 Å². The molecule has 1 atom stereocenters. The lowest BCUT2D eigenvalue weighted by atomic mass is 10.0. The summed E-state index contributed by atoms with van der Waals surface area (Å²) < 4.78 is 6.79. The van der Waals surface area contributed by atoms with E-state index >= 15 is 0 Å². The van der Waals surface area contributed by atoms with Crippen molar-refractivity contribution in [1.29, 1.82) is 0 Å². The van der Waals surface area contributed by atoms with Gasteiger partial charge in [-0.1, -0.05) is 18.2 Å². The number of nitrogens with one attached hydrogen (secondary N) is 1. The Morgan fingerprint density at radius 3 is 2.47 bits per heavy atom. The Hall–Kier alpha value is -4.14. The van der Waals surface area contributed by atoms with Crippen molar-refractivity contribution in [3.63, 3.8) is 0 Å². The third kappa shape index (κ3) is 4.93. The Bertz CT molecular complexity index is 1200. The van der Waals surface area contributed by atoms with Crippen LogP contribution in [0.5, 0.6) is 5.75 Å². The molecule has 2 heterocycles. The highest BCUT2D eigenvalue weighted by atomic mass is 16.5. The quantitative estimate of drug-likeness (QED) is 0.630. The molecule has 34 heavy (non-hydrogen) atoms. The first-order chi connectivity index (χ1) is 16.4. The summed E-state index contributed by atoms with van der Waals surface area (Å²) in [5.41, 5.74) is 2.36. The normalized spacial score (nSPS) is 15.7. The van der Waals surface area contributed by atoms with Gasteiger partial charge in [-0.15, -0.1) is 0 Å². The van der Waals surface area contributed by atoms with Crippen LogP contribution in [0.2, 0.25) is 0 Å². The maximum absolute atomic E-state index is 13.3. The molecule has 0 bridgehead atoms. The second-order valence-corrected chi connectivity index (χ2v) is 8.19. The van der Waals surface area contributed by atoms with E-state index in [1.165, 1.54) is 6.20 Å². The van der Waals surface area contributed by atoms with E-state index in [4.69, 9.17) is 4.74 Å². The van der Waals surface area contributed by atoms with Gasteiger partial charge in [-0.3, -0.25) is 19.1 Å². The van der Waals surface area contributed by atoms with Gasteiger partial charge in [-0.2, -0.15) is 5.10 Å². The van der Waals surface area contributed by atoms with Crippen molar-refractivity contribution in [2.75, 3.05) is 32.1 Å². The summed E-state index contributed by atoms with van der Waals surface area (Å²) in [6.07, 6.45) is 3.11. The maximum Gasteiger partial charge on any atom is 0.258 e. The average molecular weight is 462 g/mol. The van der Waals surface area contributed by atoms with Gasteiger partial charge >= 0.3 is 0 Å². The van der Waals surface area contributed by atoms with E-state index in [2.05, 4.69) is 10.4 Å². The number of anilines is 1. The molecule has 1 saturated heterocycles. The van der Waals surface area contributed by atoms with Gasteiger partial charge < -0.3 is 19.9 Å². The maximum atomic E-state index is 13.3. The molecule has 1 fully saturated rings. The number of carbonyl (C=O) groups is 3. The molecule has 1 aromatic heterocycles. The standard InChI is InChI=1S/C25H27N5O4/c1-17(31)30-12-11-29(16-23(30)18-7-9-22(34-3)10-8-18)25(33)19-5-4-6-21(13-19)27-24(32)20-14-26-28(2)15-20/h4-10,13-15,23H,11-12,16H2,1-3H3,(H,27,32). The first kappa shape index (κ1) is 23.0. The highest BCUT2D eigenvalue weighted by Crippen LogP contribution is 2.28. The lowest BCUT2D eigenvalue weighted by Gasteiger charge is -2.41. The van der Waals surface area contributed by atoms with Crippen LogP contribution in [0.3, 0.4) is 0 Å². The third-order valence-electron chi connectivity index (χ3n) is 5.91. The summed E-state index contributed by atoms with van der Waals surface area (Å²) in [5.74, 6) is 0.242. The van der Waals surface area contributed by atoms with Crippen molar-refractivity contribution >= 4 is 23.4 Å². The molecule has 3 aromatic rings. The Morgan fingerprint density at radius 2 is 1.82 bits per heavy atom. The van der Waals surface area contributed by atoms with E-state index in [1.54, 1.807) is 66.0 Å². The predicted molar refractivity (Wildman–Crippen MR) is 127 cm³/mol. The molecule has 1 N–H and O–H groups in total. The van der Waals surface area contributed by atoms with Crippen LogP contribution in [0.1, 0.15) is 39.2 Å². The van der Waals surface area contributed by atoms with Crippen molar-refractivity contribution in [2.45, 2.75) is 13.0 Å². The molecule has 4 rings (SSSR count). The Morgan fingerprint density at radius 1 is 1.06 bits per heavy atom. The number of nitrogens with zero attached hydrogens (tertiary/aromatic N) is 4. The zero-order chi connectivity index (χ0) is 24.2. The lowest BCUT2D eigenvalue weighted by Crippen LogP contribution is -2.51. The molecule has 1 aliphatic heterocycles. The van der Waals surface area contributed by atoms with Crippen molar-refractivity contribution in [1.82, 2.24) is 19.6 Å². The molecule has 0 radical (unpaired) electrons. The number of aryl methyl sites for hydroxylation is 1. The summed E-state index contributed by atoms with van der Waals surface area (Å²) in [6.45, 7) is 2.78. The van der Waals surface area contributed by atoms with Crippen LogP contribution in [0, 0.1) is 0 Å². The number of methoxy groups -OCH3 is 1. The Balaban J connectivity index is 1.51. The average Bonchev–Trinajstić information content (AvgIpc) is 3.30. The predicted octanol–water partition coefficient (Wildman–Crippen LogP) is 2.73. The summed E-state index contributed by atoms with van der Waals surface area (Å²) >= 11 is 0. The molecule has 9 heteroatoms. The van der Waals surface area contributed by atoms with Gasteiger partial charge in [0.1, 0.15) is 5.75 Å². The fraction of sp³-hybridized carbons (Fsp3) is 0.280. The molecule has 0 saturated carbocycles. The summed E-state index contributed by atoms with van der Waals surface area (Å²) in [7, 11) is 3.34. The van der Waals surface area contributed by atoms with Crippen molar-refractivity contribution in [3.05, 3.63) is 77.6 Å². The minimum absolute atomic E-state index is 0.0342. The molecule has 0 aliphatic carbocycles. The van der Waals surface area contributed by atoms with Crippen LogP contribution < -0.4 is 10.1 Å². The monoisotopic (exact) mass is 461 g/mol. The molecule has 2 aromatic carbocycles. The lowest BCUT2D eigenvalue weighted by molar-refractivity contribution is -0.133. The number of carbonyl (C=O) groups excluding carboxylic acids is 3. The molecule has 3 amide bonds. The first-order valence-electron chi connectivity index (χ1n) is 11.0. The van der Waals surface area contributed by atoms with Crippen molar-refractivity contribution in [3.8, 4) is 5.75 Å². The van der Waals surface area contributed by atoms with Crippen LogP contribution in [0.25, 0.3) is 0 Å². The van der Waals surface area contributed by atoms with Gasteiger partial charge in [0.2, 0.25) is 5.91 Å². The van der Waals surface area contributed by atoms with E-state index in [1.807, 2.05) is 24.3 Å². The van der Waals surface area contributed by atoms with Crippen LogP contribution in [0.4, 0.5) is 5.69 Å². The molecule has 0 spiro atoms. The van der Waals surface area contributed by atoms with Gasteiger partial charge in [-0.05, 0) is 35.9 Å². The second kappa shape index (κ2) is 9.78. The fourth-order valence-corrected chi connectivity index (χ4v) is 4.11. The van der Waals surface area contributed by atoms with Gasteiger partial charge in [0, 0.05) is 51.1 Å². The molecule has 1 unspecified atom stereocenters. The molecule has 176 valence electrons. The Labute approximate surface area is 197 Å². The van der Waals surface area contributed by atoms with Crippen LogP contribution >= 0.6 is 0 Å². The second-order valence-electron chi connectivity index (χ2n) is 8.19. The van der Waals surface area contributed by atoms with E-state index < -0.39 is 0 Å². The van der Waals surface area contributed by atoms with E-state index in [0.717, 1.165) is 11.3 Å². The van der Waals surface area contributed by atoms with Gasteiger partial charge in [0.15, 0.2) is 0 Å². The van der Waals surface area contributed by atoms with E-state index in [9.17, 15) is 14.4 Å². The fourth-order valence-electron chi connectivity index (χ4n) is 4.11. The SMILES string of the molecule is COc1ccc(C2CN(C(=O)c3cccc(NC(=O)c4cnn(C)c4)c3)CCN2C(C)=O)cc1. The smallest absolute Gasteiger partial charge is 0.258 e. The number of aromatic nitrogens is 2. The highest BCUT2D eigenvalue weighted by Gasteiger charge is 2.32. The van der Waals surface area contributed by atoms with Crippen LogP contribution in [0.15, 0.2) is 60.9 Å². The molecule has 9 nitrogen and oxygen atoms in total. The van der Waals surface area contributed by atoms with Crippen LogP contribution in [-0.4, -0.2) is 64.0 Å². The number of hydrogen-bond donors (Lipinski definition) is 1. The summed E-state index contributed by atoms with van der Waals surface area (Å²) in [6, 6.07) is 14.1. The number of ether oxygens (including phenoxy) is 1. The first-order valence-corrected chi connectivity index (χ1v) is 11.0. The number of amides is 3. The minimum atomic E-state index is -0.299. The third-order valence-corrected chi connectivity index (χ3v) is 5.91. The summed E-state index contributed by atoms with van der Waals surface area (Å²) in [4.78, 5) is 41.6. The van der Waals surface area contributed by atoms with Gasteiger partial charge in [0.05, 0.1) is 24.9 Å². The zero-order valence-electron chi connectivity index (χ0n) is 19.4. The number of hydrogen-bond acceptors (Lipinski definition) is 5. The van der Waals surface area contributed by atoms with Crippen molar-refractivity contribution < 1.29 is 19.1 Å². The molecule has 1 aliphatic rings. The van der Waals surface area contributed by atoms with Gasteiger partial charge in [-0.25, -0.2) is 0 Å². The number of piperazine rings is 1. The van der Waals surface area contributed by atoms with Crippen LogP contribution in [-0.2, 0) is 11.8 Å². The highest BCUT2D eigenvalue weighted by molar-refractivity contribution is 6.04.